The molecule has 0 saturated heterocycles. The number of carbonyl (C=O) groups excluding carboxylic acids is 1. The van der Waals surface area contributed by atoms with Crippen molar-refractivity contribution in [1.29, 1.82) is 5.26 Å². The number of hydrogen-bond acceptors (Lipinski definition) is 5. The molecule has 0 radical (unpaired) electrons. The van der Waals surface area contributed by atoms with Crippen LogP contribution in [-0.4, -0.2) is 26.8 Å². The number of nitrogens with zero attached hydrogens (tertiary/aromatic N) is 1. The second-order valence-electron chi connectivity index (χ2n) is 2.80. The fourth-order valence-corrected chi connectivity index (χ4v) is 1.14. The minimum absolute atomic E-state index is 0.129. The third-order valence-corrected chi connectivity index (χ3v) is 1.88. The van der Waals surface area contributed by atoms with E-state index in [0.717, 1.165) is 0 Å². The van der Waals surface area contributed by atoms with Gasteiger partial charge in [0.15, 0.2) is 6.61 Å². The van der Waals surface area contributed by atoms with E-state index >= 15 is 0 Å². The van der Waals surface area contributed by atoms with Gasteiger partial charge in [0, 0.05) is 0 Å². The Morgan fingerprint density at radius 3 is 2.75 bits per heavy atom. The van der Waals surface area contributed by atoms with Crippen LogP contribution in [0, 0.1) is 11.3 Å². The molecule has 1 aromatic carbocycles. The fourth-order valence-electron chi connectivity index (χ4n) is 1.14. The van der Waals surface area contributed by atoms with Crippen molar-refractivity contribution in [2.45, 2.75) is 0 Å². The van der Waals surface area contributed by atoms with Crippen LogP contribution in [0.25, 0.3) is 0 Å². The molecule has 1 rings (SSSR count). The minimum Gasteiger partial charge on any atom is -0.497 e. The van der Waals surface area contributed by atoms with E-state index in [2.05, 4.69) is 4.74 Å². The minimum atomic E-state index is -0.535. The number of hydrogen-bond donors (Lipinski definition) is 0. The van der Waals surface area contributed by atoms with Gasteiger partial charge in [0.1, 0.15) is 23.1 Å². The van der Waals surface area contributed by atoms with Crippen molar-refractivity contribution < 1.29 is 19.0 Å². The summed E-state index contributed by atoms with van der Waals surface area (Å²) in [5.41, 5.74) is 0.233. The molecule has 0 saturated carbocycles. The van der Waals surface area contributed by atoms with Gasteiger partial charge in [-0.05, 0) is 18.2 Å². The van der Waals surface area contributed by atoms with Crippen LogP contribution in [0.15, 0.2) is 18.2 Å². The van der Waals surface area contributed by atoms with Crippen LogP contribution >= 0.6 is 0 Å². The summed E-state index contributed by atoms with van der Waals surface area (Å²) >= 11 is 0. The second-order valence-corrected chi connectivity index (χ2v) is 2.80. The van der Waals surface area contributed by atoms with Gasteiger partial charge in [0.05, 0.1) is 14.2 Å². The quantitative estimate of drug-likeness (QED) is 0.718. The van der Waals surface area contributed by atoms with Gasteiger partial charge in [-0.25, -0.2) is 4.79 Å². The van der Waals surface area contributed by atoms with E-state index in [4.69, 9.17) is 14.7 Å². The zero-order valence-electron chi connectivity index (χ0n) is 9.02. The maximum Gasteiger partial charge on any atom is 0.341 e. The number of benzene rings is 1. The summed E-state index contributed by atoms with van der Waals surface area (Å²) in [6.45, 7) is -0.129. The molecule has 1 aromatic rings. The Morgan fingerprint density at radius 2 is 2.19 bits per heavy atom. The van der Waals surface area contributed by atoms with Crippen molar-refractivity contribution in [3.63, 3.8) is 0 Å². The zero-order valence-corrected chi connectivity index (χ0v) is 9.02. The zero-order chi connectivity index (χ0) is 12.0. The largest absolute Gasteiger partial charge is 0.497 e. The van der Waals surface area contributed by atoms with E-state index in [-0.39, 0.29) is 12.2 Å². The molecule has 0 N–H and O–H groups in total. The number of carbonyl (C=O) groups is 1. The third kappa shape index (κ3) is 2.64. The molecule has 0 amide bonds. The first-order valence-corrected chi connectivity index (χ1v) is 4.49. The Bertz CT molecular complexity index is 422. The normalized spacial score (nSPS) is 9.06. The Balaban J connectivity index is 3.06. The van der Waals surface area contributed by atoms with Crippen LogP contribution < -0.4 is 9.47 Å². The summed E-state index contributed by atoms with van der Waals surface area (Å²) in [6, 6.07) is 6.52. The molecule has 5 nitrogen and oxygen atoms in total. The lowest BCUT2D eigenvalue weighted by Crippen LogP contribution is -2.06. The smallest absolute Gasteiger partial charge is 0.341 e. The lowest BCUT2D eigenvalue weighted by molar-refractivity contribution is 0.0596. The lowest BCUT2D eigenvalue weighted by Gasteiger charge is -2.09. The summed E-state index contributed by atoms with van der Waals surface area (Å²) in [6.07, 6.45) is 0. The van der Waals surface area contributed by atoms with Gasteiger partial charge in [-0.15, -0.1) is 0 Å². The summed E-state index contributed by atoms with van der Waals surface area (Å²) in [4.78, 5) is 11.4. The number of esters is 1. The average Bonchev–Trinajstić information content (AvgIpc) is 2.35. The van der Waals surface area contributed by atoms with Gasteiger partial charge in [0.25, 0.3) is 0 Å². The van der Waals surface area contributed by atoms with Gasteiger partial charge in [-0.3, -0.25) is 0 Å². The molecule has 0 atom stereocenters. The van der Waals surface area contributed by atoms with E-state index < -0.39 is 5.97 Å². The third-order valence-electron chi connectivity index (χ3n) is 1.88. The van der Waals surface area contributed by atoms with Crippen molar-refractivity contribution in [1.82, 2.24) is 0 Å². The Hall–Kier alpha value is -2.22. The van der Waals surface area contributed by atoms with Crippen molar-refractivity contribution in [3.8, 4) is 17.6 Å². The molecule has 0 bridgehead atoms. The number of methoxy groups -OCH3 is 2. The highest BCUT2D eigenvalue weighted by Crippen LogP contribution is 2.24. The molecule has 16 heavy (non-hydrogen) atoms. The first-order valence-electron chi connectivity index (χ1n) is 4.49. The highest BCUT2D eigenvalue weighted by Gasteiger charge is 2.14. The number of ether oxygens (including phenoxy) is 3. The molecule has 0 aliphatic rings. The van der Waals surface area contributed by atoms with Crippen LogP contribution in [0.2, 0.25) is 0 Å². The SMILES string of the molecule is COC(=O)c1cc(OC)ccc1OCC#N. The van der Waals surface area contributed by atoms with Crippen LogP contribution in [0.4, 0.5) is 0 Å². The fraction of sp³-hybridized carbons (Fsp3) is 0.273. The molecule has 0 unspecified atom stereocenters. The van der Waals surface area contributed by atoms with Crippen LogP contribution in [0.5, 0.6) is 11.5 Å². The van der Waals surface area contributed by atoms with Gasteiger partial charge >= 0.3 is 5.97 Å². The van der Waals surface area contributed by atoms with Crippen molar-refractivity contribution in [2.24, 2.45) is 0 Å². The van der Waals surface area contributed by atoms with Crippen molar-refractivity contribution in [2.75, 3.05) is 20.8 Å². The highest BCUT2D eigenvalue weighted by atomic mass is 16.5. The van der Waals surface area contributed by atoms with E-state index in [0.29, 0.717) is 11.5 Å². The molecule has 0 heterocycles. The van der Waals surface area contributed by atoms with Gasteiger partial charge in [-0.2, -0.15) is 5.26 Å². The monoisotopic (exact) mass is 221 g/mol. The molecule has 84 valence electrons. The molecule has 5 heteroatoms. The summed E-state index contributed by atoms with van der Waals surface area (Å²) in [5, 5.41) is 8.40. The van der Waals surface area contributed by atoms with Crippen LogP contribution in [0.3, 0.4) is 0 Å². The average molecular weight is 221 g/mol. The Kier molecular flexibility index (Phi) is 4.16. The topological polar surface area (TPSA) is 68.6 Å². The second kappa shape index (κ2) is 5.61. The van der Waals surface area contributed by atoms with Gasteiger partial charge < -0.3 is 14.2 Å². The maximum atomic E-state index is 11.4. The predicted octanol–water partition coefficient (Wildman–Crippen LogP) is 1.38. The molecule has 0 fully saturated rings. The first kappa shape index (κ1) is 11.9. The summed E-state index contributed by atoms with van der Waals surface area (Å²) in [7, 11) is 2.77. The van der Waals surface area contributed by atoms with Crippen LogP contribution in [-0.2, 0) is 4.74 Å². The number of rotatable bonds is 4. The molecule has 0 aliphatic carbocycles. The standard InChI is InChI=1S/C11H11NO4/c1-14-8-3-4-10(16-6-5-12)9(7-8)11(13)15-2/h3-4,7H,6H2,1-2H3. The van der Waals surface area contributed by atoms with E-state index in [9.17, 15) is 4.79 Å². The molecule has 0 aliphatic heterocycles. The summed E-state index contributed by atoms with van der Waals surface area (Å²) < 4.78 is 14.7. The summed E-state index contributed by atoms with van der Waals surface area (Å²) in [5.74, 6) is 0.283. The molecule has 0 spiro atoms. The Morgan fingerprint density at radius 1 is 1.44 bits per heavy atom. The molecular weight excluding hydrogens is 210 g/mol. The van der Waals surface area contributed by atoms with E-state index in [1.807, 2.05) is 6.07 Å². The lowest BCUT2D eigenvalue weighted by atomic mass is 10.2. The van der Waals surface area contributed by atoms with Gasteiger partial charge in [-0.1, -0.05) is 0 Å². The predicted molar refractivity (Wildman–Crippen MR) is 55.4 cm³/mol. The Labute approximate surface area is 93.2 Å². The van der Waals surface area contributed by atoms with E-state index in [1.54, 1.807) is 12.1 Å². The van der Waals surface area contributed by atoms with Crippen LogP contribution in [0.1, 0.15) is 10.4 Å². The highest BCUT2D eigenvalue weighted by molar-refractivity contribution is 5.92. The van der Waals surface area contributed by atoms with Crippen molar-refractivity contribution >= 4 is 5.97 Å². The molecule has 0 aromatic heterocycles. The first-order chi connectivity index (χ1) is 7.72. The van der Waals surface area contributed by atoms with Crippen molar-refractivity contribution in [3.05, 3.63) is 23.8 Å². The molecular formula is C11H11NO4. The van der Waals surface area contributed by atoms with Gasteiger partial charge in [0.2, 0.25) is 0 Å². The number of nitriles is 1. The maximum absolute atomic E-state index is 11.4. The van der Waals surface area contributed by atoms with E-state index in [1.165, 1.54) is 20.3 Å².